The summed E-state index contributed by atoms with van der Waals surface area (Å²) in [7, 11) is 1.74. The van der Waals surface area contributed by atoms with Crippen molar-refractivity contribution in [3.05, 3.63) is 82.1 Å². The van der Waals surface area contributed by atoms with Gasteiger partial charge in [-0.25, -0.2) is 0 Å². The molecule has 0 bridgehead atoms. The van der Waals surface area contributed by atoms with Gasteiger partial charge in [0.05, 0.1) is 17.8 Å². The quantitative estimate of drug-likeness (QED) is 0.561. The number of halogens is 2. The summed E-state index contributed by atoms with van der Waals surface area (Å²) >= 11 is 12.0. The maximum atomic E-state index is 12.6. The van der Waals surface area contributed by atoms with Gasteiger partial charge in [-0.2, -0.15) is 5.10 Å². The average molecular weight is 418 g/mol. The fourth-order valence-corrected chi connectivity index (χ4v) is 3.27. The molecule has 7 heteroatoms. The molecule has 0 saturated heterocycles. The van der Waals surface area contributed by atoms with Gasteiger partial charge < -0.3 is 9.64 Å². The fourth-order valence-electron chi connectivity index (χ4n) is 2.82. The maximum Gasteiger partial charge on any atom is 0.263 e. The Hall–Kier alpha value is -2.50. The molecule has 3 rings (SSSR count). The number of hydrogen-bond acceptors (Lipinski definition) is 3. The van der Waals surface area contributed by atoms with E-state index in [0.29, 0.717) is 28.9 Å². The van der Waals surface area contributed by atoms with Crippen LogP contribution in [0.5, 0.6) is 5.75 Å². The normalized spacial score (nSPS) is 11.9. The summed E-state index contributed by atoms with van der Waals surface area (Å²) in [6, 6.07) is 15.0. The standard InChI is InChI=1S/C21H21Cl2N3O2/c1-15(28-20-9-8-18(22)10-19(20)23)21(27)25(2)12-17-11-24-26(14-17)13-16-6-4-3-5-7-16/h3-11,14-15H,12-13H2,1-2H3. The first-order valence-corrected chi connectivity index (χ1v) is 9.60. The maximum absolute atomic E-state index is 12.6. The van der Waals surface area contributed by atoms with Gasteiger partial charge >= 0.3 is 0 Å². The van der Waals surface area contributed by atoms with E-state index < -0.39 is 6.10 Å². The summed E-state index contributed by atoms with van der Waals surface area (Å²) in [4.78, 5) is 14.2. The van der Waals surface area contributed by atoms with Gasteiger partial charge in [-0.15, -0.1) is 0 Å². The zero-order valence-electron chi connectivity index (χ0n) is 15.7. The highest BCUT2D eigenvalue weighted by Crippen LogP contribution is 2.28. The second-order valence-electron chi connectivity index (χ2n) is 6.56. The molecular formula is C21H21Cl2N3O2. The third-order valence-electron chi connectivity index (χ3n) is 4.22. The van der Waals surface area contributed by atoms with E-state index in [0.717, 1.165) is 5.56 Å². The molecule has 146 valence electrons. The molecule has 1 heterocycles. The summed E-state index contributed by atoms with van der Waals surface area (Å²) < 4.78 is 7.56. The van der Waals surface area contributed by atoms with Crippen molar-refractivity contribution >= 4 is 29.1 Å². The number of amides is 1. The first-order chi connectivity index (χ1) is 13.4. The Balaban J connectivity index is 1.57. The molecule has 0 aliphatic carbocycles. The first-order valence-electron chi connectivity index (χ1n) is 8.84. The van der Waals surface area contributed by atoms with Crippen molar-refractivity contribution in [3.63, 3.8) is 0 Å². The summed E-state index contributed by atoms with van der Waals surface area (Å²) in [6.07, 6.45) is 3.04. The number of benzene rings is 2. The molecule has 0 aliphatic heterocycles. The molecule has 0 N–H and O–H groups in total. The van der Waals surface area contributed by atoms with Crippen LogP contribution in [0.3, 0.4) is 0 Å². The van der Waals surface area contributed by atoms with Gasteiger partial charge in [0.15, 0.2) is 6.10 Å². The Bertz CT molecular complexity index is 944. The zero-order valence-corrected chi connectivity index (χ0v) is 17.2. The molecule has 1 aromatic heterocycles. The lowest BCUT2D eigenvalue weighted by Crippen LogP contribution is -2.37. The number of aromatic nitrogens is 2. The molecule has 0 fully saturated rings. The summed E-state index contributed by atoms with van der Waals surface area (Å²) in [5.74, 6) is 0.276. The Morgan fingerprint density at radius 3 is 2.64 bits per heavy atom. The van der Waals surface area contributed by atoms with E-state index in [2.05, 4.69) is 17.2 Å². The number of carbonyl (C=O) groups excluding carboxylic acids is 1. The van der Waals surface area contributed by atoms with E-state index in [-0.39, 0.29) is 5.91 Å². The molecule has 28 heavy (non-hydrogen) atoms. The lowest BCUT2D eigenvalue weighted by atomic mass is 10.2. The van der Waals surface area contributed by atoms with E-state index in [1.54, 1.807) is 43.3 Å². The molecule has 5 nitrogen and oxygen atoms in total. The van der Waals surface area contributed by atoms with E-state index >= 15 is 0 Å². The topological polar surface area (TPSA) is 47.4 Å². The van der Waals surface area contributed by atoms with Gasteiger partial charge in [-0.05, 0) is 30.7 Å². The van der Waals surface area contributed by atoms with Crippen LogP contribution in [0, 0.1) is 0 Å². The second-order valence-corrected chi connectivity index (χ2v) is 7.40. The van der Waals surface area contributed by atoms with Crippen LogP contribution in [0.1, 0.15) is 18.1 Å². The highest BCUT2D eigenvalue weighted by molar-refractivity contribution is 6.35. The third kappa shape index (κ3) is 5.27. The van der Waals surface area contributed by atoms with Crippen LogP contribution in [-0.4, -0.2) is 33.7 Å². The number of ether oxygens (including phenoxy) is 1. The zero-order chi connectivity index (χ0) is 20.1. The molecular weight excluding hydrogens is 397 g/mol. The van der Waals surface area contributed by atoms with Crippen LogP contribution < -0.4 is 4.74 Å². The van der Waals surface area contributed by atoms with Crippen molar-refractivity contribution < 1.29 is 9.53 Å². The number of hydrogen-bond donors (Lipinski definition) is 0. The van der Waals surface area contributed by atoms with Gasteiger partial charge in [0.2, 0.25) is 0 Å². The third-order valence-corrected chi connectivity index (χ3v) is 4.75. The van der Waals surface area contributed by atoms with Crippen LogP contribution in [0.25, 0.3) is 0 Å². The van der Waals surface area contributed by atoms with Crippen molar-refractivity contribution in [2.45, 2.75) is 26.1 Å². The lowest BCUT2D eigenvalue weighted by molar-refractivity contribution is -0.137. The van der Waals surface area contributed by atoms with Crippen molar-refractivity contribution in [1.82, 2.24) is 14.7 Å². The van der Waals surface area contributed by atoms with Crippen LogP contribution in [0.15, 0.2) is 60.9 Å². The monoisotopic (exact) mass is 417 g/mol. The summed E-state index contributed by atoms with van der Waals surface area (Å²) in [6.45, 7) is 2.82. The van der Waals surface area contributed by atoms with E-state index in [9.17, 15) is 4.79 Å². The van der Waals surface area contributed by atoms with Crippen LogP contribution in [-0.2, 0) is 17.9 Å². The van der Waals surface area contributed by atoms with Crippen molar-refractivity contribution in [2.24, 2.45) is 0 Å². The predicted molar refractivity (Wildman–Crippen MR) is 111 cm³/mol. The summed E-state index contributed by atoms with van der Waals surface area (Å²) in [5.41, 5.74) is 2.12. The predicted octanol–water partition coefficient (Wildman–Crippen LogP) is 4.66. The molecule has 0 aliphatic rings. The van der Waals surface area contributed by atoms with Gasteiger partial charge in [0, 0.05) is 30.4 Å². The Morgan fingerprint density at radius 1 is 1.18 bits per heavy atom. The number of carbonyl (C=O) groups is 1. The van der Waals surface area contributed by atoms with E-state index in [1.807, 2.05) is 29.1 Å². The minimum atomic E-state index is -0.678. The van der Waals surface area contributed by atoms with E-state index in [1.165, 1.54) is 5.56 Å². The highest BCUT2D eigenvalue weighted by Gasteiger charge is 2.21. The number of rotatable bonds is 7. The van der Waals surface area contributed by atoms with Gasteiger partial charge in [0.25, 0.3) is 5.91 Å². The van der Waals surface area contributed by atoms with Crippen LogP contribution >= 0.6 is 23.2 Å². The Labute approximate surface area is 174 Å². The van der Waals surface area contributed by atoms with Gasteiger partial charge in [-0.1, -0.05) is 53.5 Å². The summed E-state index contributed by atoms with van der Waals surface area (Å²) in [5, 5.41) is 5.26. The molecule has 2 aromatic carbocycles. The Morgan fingerprint density at radius 2 is 1.93 bits per heavy atom. The Kier molecular flexibility index (Phi) is 6.60. The molecule has 0 spiro atoms. The minimum absolute atomic E-state index is 0.151. The SMILES string of the molecule is CC(Oc1ccc(Cl)cc1Cl)C(=O)N(C)Cc1cnn(Cc2ccccc2)c1. The smallest absolute Gasteiger partial charge is 0.263 e. The van der Waals surface area contributed by atoms with Gasteiger partial charge in [-0.3, -0.25) is 9.48 Å². The van der Waals surface area contributed by atoms with E-state index in [4.69, 9.17) is 27.9 Å². The van der Waals surface area contributed by atoms with Crippen molar-refractivity contribution in [3.8, 4) is 5.75 Å². The largest absolute Gasteiger partial charge is 0.479 e. The first kappa shape index (κ1) is 20.2. The lowest BCUT2D eigenvalue weighted by Gasteiger charge is -2.22. The van der Waals surface area contributed by atoms with Crippen LogP contribution in [0.2, 0.25) is 10.0 Å². The minimum Gasteiger partial charge on any atom is -0.479 e. The molecule has 3 aromatic rings. The van der Waals surface area contributed by atoms with Crippen molar-refractivity contribution in [1.29, 1.82) is 0 Å². The molecule has 0 radical (unpaired) electrons. The van der Waals surface area contributed by atoms with Gasteiger partial charge in [0.1, 0.15) is 5.75 Å². The molecule has 1 unspecified atom stereocenters. The molecule has 0 saturated carbocycles. The fraction of sp³-hybridized carbons (Fsp3) is 0.238. The average Bonchev–Trinajstić information content (AvgIpc) is 3.10. The number of nitrogens with zero attached hydrogens (tertiary/aromatic N) is 3. The second kappa shape index (κ2) is 9.13. The molecule has 1 amide bonds. The highest BCUT2D eigenvalue weighted by atomic mass is 35.5. The number of likely N-dealkylation sites (N-methyl/N-ethyl adjacent to an activating group) is 1. The van der Waals surface area contributed by atoms with Crippen molar-refractivity contribution in [2.75, 3.05) is 7.05 Å². The molecule has 1 atom stereocenters. The van der Waals surface area contributed by atoms with Crippen LogP contribution in [0.4, 0.5) is 0 Å².